The van der Waals surface area contributed by atoms with Gasteiger partial charge < -0.3 is 4.74 Å². The minimum absolute atomic E-state index is 0.164. The second-order valence-corrected chi connectivity index (χ2v) is 9.12. The number of hydrogen-bond acceptors (Lipinski definition) is 4. The average molecular weight is 486 g/mol. The number of hydrogen-bond donors (Lipinski definition) is 0. The van der Waals surface area contributed by atoms with E-state index in [9.17, 15) is 9.59 Å². The summed E-state index contributed by atoms with van der Waals surface area (Å²) in [5, 5.41) is 5.94. The van der Waals surface area contributed by atoms with Crippen molar-refractivity contribution in [3.8, 4) is 5.75 Å². The summed E-state index contributed by atoms with van der Waals surface area (Å²) < 4.78 is 6.79. The lowest BCUT2D eigenvalue weighted by Gasteiger charge is -2.13. The van der Waals surface area contributed by atoms with Gasteiger partial charge in [0, 0.05) is 20.6 Å². The second-order valence-electron chi connectivity index (χ2n) is 7.79. The Labute approximate surface area is 187 Å². The Hall–Kier alpha value is -2.44. The molecule has 1 saturated heterocycles. The largest absolute Gasteiger partial charge is 0.488 e. The van der Waals surface area contributed by atoms with Crippen LogP contribution < -0.4 is 4.74 Å². The van der Waals surface area contributed by atoms with E-state index in [-0.39, 0.29) is 35.5 Å². The lowest BCUT2D eigenvalue weighted by atomic mass is 9.85. The average Bonchev–Trinajstić information content (AvgIpc) is 3.41. The van der Waals surface area contributed by atoms with E-state index < -0.39 is 0 Å². The molecule has 1 aliphatic heterocycles. The monoisotopic (exact) mass is 484 g/mol. The maximum absolute atomic E-state index is 12.8. The van der Waals surface area contributed by atoms with Crippen LogP contribution in [0.15, 0.2) is 64.2 Å². The lowest BCUT2D eigenvalue weighted by Crippen LogP contribution is -2.28. The van der Waals surface area contributed by atoms with E-state index in [0.717, 1.165) is 21.5 Å². The first-order valence-electron chi connectivity index (χ1n) is 9.79. The molecule has 2 aliphatic carbocycles. The number of rotatable bonds is 5. The van der Waals surface area contributed by atoms with Gasteiger partial charge in [-0.3, -0.25) is 9.59 Å². The van der Waals surface area contributed by atoms with Crippen molar-refractivity contribution in [1.82, 2.24) is 5.01 Å². The quantitative estimate of drug-likeness (QED) is 0.346. The van der Waals surface area contributed by atoms with Gasteiger partial charge in [-0.05, 0) is 42.5 Å². The first-order valence-corrected chi connectivity index (χ1v) is 11.0. The molecule has 0 aromatic heterocycles. The van der Waals surface area contributed by atoms with Crippen molar-refractivity contribution >= 4 is 45.6 Å². The second kappa shape index (κ2) is 7.67. The van der Waals surface area contributed by atoms with Crippen molar-refractivity contribution in [3.63, 3.8) is 0 Å². The van der Waals surface area contributed by atoms with Gasteiger partial charge >= 0.3 is 0 Å². The van der Waals surface area contributed by atoms with E-state index in [4.69, 9.17) is 16.3 Å². The number of halogens is 2. The minimum atomic E-state index is -0.261. The van der Waals surface area contributed by atoms with Crippen LogP contribution >= 0.6 is 27.5 Å². The number of imide groups is 1. The first kappa shape index (κ1) is 19.5. The third kappa shape index (κ3) is 3.28. The SMILES string of the molecule is O=C1[C@@H]2[C@H](C(=O)N1N=Cc1cc(Br)ccc1OCc1ccccc1Cl)[C@H]1C=C[C@H]2C1. The predicted octanol–water partition coefficient (Wildman–Crippen LogP) is 4.82. The number of allylic oxidation sites excluding steroid dienone is 2. The molecule has 1 saturated carbocycles. The summed E-state index contributed by atoms with van der Waals surface area (Å²) in [6.07, 6.45) is 6.55. The fraction of sp³-hybridized carbons (Fsp3) is 0.261. The van der Waals surface area contributed by atoms with E-state index in [1.165, 1.54) is 6.21 Å². The van der Waals surface area contributed by atoms with E-state index in [1.54, 1.807) is 0 Å². The fourth-order valence-electron chi connectivity index (χ4n) is 4.64. The predicted molar refractivity (Wildman–Crippen MR) is 117 cm³/mol. The third-order valence-corrected chi connectivity index (χ3v) is 6.93. The molecule has 1 heterocycles. The molecule has 2 aromatic rings. The first-order chi connectivity index (χ1) is 14.5. The zero-order valence-corrected chi connectivity index (χ0v) is 18.2. The van der Waals surface area contributed by atoms with E-state index in [0.29, 0.717) is 22.9 Å². The van der Waals surface area contributed by atoms with Crippen LogP contribution in [0.25, 0.3) is 0 Å². The summed E-state index contributed by atoms with van der Waals surface area (Å²) >= 11 is 9.66. The number of carbonyl (C=O) groups excluding carboxylic acids is 2. The molecule has 30 heavy (non-hydrogen) atoms. The molecule has 2 bridgehead atoms. The van der Waals surface area contributed by atoms with Gasteiger partial charge in [0.05, 0.1) is 18.1 Å². The minimum Gasteiger partial charge on any atom is -0.488 e. The van der Waals surface area contributed by atoms with Gasteiger partial charge in [-0.15, -0.1) is 0 Å². The highest BCUT2D eigenvalue weighted by Crippen LogP contribution is 2.52. The van der Waals surface area contributed by atoms with Crippen LogP contribution in [0.3, 0.4) is 0 Å². The summed E-state index contributed by atoms with van der Waals surface area (Å²) in [5.41, 5.74) is 1.53. The fourth-order valence-corrected chi connectivity index (χ4v) is 5.21. The van der Waals surface area contributed by atoms with Gasteiger partial charge in [0.15, 0.2) is 0 Å². The number of carbonyl (C=O) groups is 2. The Bertz CT molecular complexity index is 1070. The smallest absolute Gasteiger partial charge is 0.254 e. The van der Waals surface area contributed by atoms with Crippen molar-refractivity contribution in [2.75, 3.05) is 0 Å². The molecule has 2 fully saturated rings. The van der Waals surface area contributed by atoms with E-state index in [2.05, 4.69) is 33.2 Å². The molecule has 152 valence electrons. The number of benzene rings is 2. The molecule has 5 rings (SSSR count). The lowest BCUT2D eigenvalue weighted by molar-refractivity contribution is -0.140. The maximum Gasteiger partial charge on any atom is 0.254 e. The highest BCUT2D eigenvalue weighted by Gasteiger charge is 2.59. The molecule has 0 N–H and O–H groups in total. The number of fused-ring (bicyclic) bond motifs is 5. The Morgan fingerprint density at radius 1 is 1.10 bits per heavy atom. The number of nitrogens with zero attached hydrogens (tertiary/aromatic N) is 2. The summed E-state index contributed by atoms with van der Waals surface area (Å²) in [6.45, 7) is 0.295. The van der Waals surface area contributed by atoms with Gasteiger partial charge in [-0.2, -0.15) is 10.1 Å². The molecule has 0 unspecified atom stereocenters. The van der Waals surface area contributed by atoms with Crippen LogP contribution in [0.2, 0.25) is 5.02 Å². The highest BCUT2D eigenvalue weighted by atomic mass is 79.9. The summed E-state index contributed by atoms with van der Waals surface area (Å²) in [6, 6.07) is 13.0. The Morgan fingerprint density at radius 3 is 2.50 bits per heavy atom. The van der Waals surface area contributed by atoms with Crippen molar-refractivity contribution < 1.29 is 14.3 Å². The van der Waals surface area contributed by atoms with Crippen molar-refractivity contribution in [2.45, 2.75) is 13.0 Å². The van der Waals surface area contributed by atoms with Crippen LogP contribution in [0.5, 0.6) is 5.75 Å². The van der Waals surface area contributed by atoms with E-state index in [1.807, 2.05) is 42.5 Å². The Morgan fingerprint density at radius 2 is 1.80 bits per heavy atom. The van der Waals surface area contributed by atoms with Gasteiger partial charge in [-0.25, -0.2) is 0 Å². The summed E-state index contributed by atoms with van der Waals surface area (Å²) in [5.74, 6) is -0.0126. The van der Waals surface area contributed by atoms with Crippen molar-refractivity contribution in [3.05, 3.63) is 75.2 Å². The third-order valence-electron chi connectivity index (χ3n) is 6.07. The van der Waals surface area contributed by atoms with Crippen molar-refractivity contribution in [1.29, 1.82) is 0 Å². The van der Waals surface area contributed by atoms with Gasteiger partial charge in [0.1, 0.15) is 12.4 Å². The van der Waals surface area contributed by atoms with Gasteiger partial charge in [-0.1, -0.05) is 57.9 Å². The molecule has 0 radical (unpaired) electrons. The van der Waals surface area contributed by atoms with Crippen LogP contribution in [0.1, 0.15) is 17.5 Å². The number of ether oxygens (including phenoxy) is 1. The standard InChI is InChI=1S/C23H18BrClN2O3/c24-17-7-8-19(30-12-15-3-1-2-4-18(15)25)16(10-17)11-26-27-22(28)20-13-5-6-14(9-13)21(20)23(27)29/h1-8,10-11,13-14,20-21H,9,12H2/t13-,14-,20-,21+/m0/s1. The Kier molecular flexibility index (Phi) is 4.99. The zero-order chi connectivity index (χ0) is 20.8. The normalized spacial score (nSPS) is 26.8. The Balaban J connectivity index is 1.36. The molecular weight excluding hydrogens is 468 g/mol. The number of amides is 2. The molecule has 3 aliphatic rings. The summed E-state index contributed by atoms with van der Waals surface area (Å²) in [4.78, 5) is 25.6. The van der Waals surface area contributed by atoms with Crippen LogP contribution in [0.4, 0.5) is 0 Å². The van der Waals surface area contributed by atoms with Crippen molar-refractivity contribution in [2.24, 2.45) is 28.8 Å². The molecule has 4 atom stereocenters. The van der Waals surface area contributed by atoms with E-state index >= 15 is 0 Å². The summed E-state index contributed by atoms with van der Waals surface area (Å²) in [7, 11) is 0. The molecule has 0 spiro atoms. The topological polar surface area (TPSA) is 59.0 Å². The van der Waals surface area contributed by atoms with Gasteiger partial charge in [0.25, 0.3) is 11.8 Å². The highest BCUT2D eigenvalue weighted by molar-refractivity contribution is 9.10. The molecule has 5 nitrogen and oxygen atoms in total. The van der Waals surface area contributed by atoms with Crippen LogP contribution in [-0.2, 0) is 16.2 Å². The maximum atomic E-state index is 12.8. The van der Waals surface area contributed by atoms with Gasteiger partial charge in [0.2, 0.25) is 0 Å². The number of hydrazone groups is 1. The molecule has 2 aromatic carbocycles. The van der Waals surface area contributed by atoms with Crippen LogP contribution in [-0.4, -0.2) is 23.0 Å². The van der Waals surface area contributed by atoms with Crippen LogP contribution in [0, 0.1) is 23.7 Å². The zero-order valence-electron chi connectivity index (χ0n) is 15.9. The molecular formula is C23H18BrClN2O3. The molecule has 7 heteroatoms. The molecule has 2 amide bonds.